The Balaban J connectivity index is 1.70. The maximum atomic E-state index is 12.4. The monoisotopic (exact) mass is 387 g/mol. The van der Waals surface area contributed by atoms with Crippen molar-refractivity contribution in [2.75, 3.05) is 17.1 Å². The van der Waals surface area contributed by atoms with Crippen LogP contribution in [0, 0.1) is 6.92 Å². The average Bonchev–Trinajstić information content (AvgIpc) is 3.06. The van der Waals surface area contributed by atoms with Crippen molar-refractivity contribution in [3.8, 4) is 5.75 Å². The van der Waals surface area contributed by atoms with Gasteiger partial charge in [0.05, 0.1) is 12.0 Å². The maximum Gasteiger partial charge on any atom is 0.261 e. The Bertz CT molecular complexity index is 1040. The number of carbonyl (C=O) groups is 1. The zero-order valence-corrected chi connectivity index (χ0v) is 15.4. The Hall–Kier alpha value is -3.33. The van der Waals surface area contributed by atoms with E-state index in [0.29, 0.717) is 28.6 Å². The van der Waals surface area contributed by atoms with Gasteiger partial charge in [0.2, 0.25) is 0 Å². The van der Waals surface area contributed by atoms with Crippen LogP contribution in [0.2, 0.25) is 0 Å². The van der Waals surface area contributed by atoms with Crippen LogP contribution in [0.25, 0.3) is 0 Å². The molecule has 0 saturated heterocycles. The molecule has 0 aliphatic heterocycles. The first-order chi connectivity index (χ1) is 12.9. The van der Waals surface area contributed by atoms with Gasteiger partial charge in [-0.15, -0.1) is 0 Å². The molecule has 1 heterocycles. The Morgan fingerprint density at radius 1 is 1.07 bits per heavy atom. The highest BCUT2D eigenvalue weighted by Crippen LogP contribution is 2.20. The van der Waals surface area contributed by atoms with Crippen molar-refractivity contribution >= 4 is 27.4 Å². The molecule has 1 aromatic heterocycles. The van der Waals surface area contributed by atoms with Crippen LogP contribution < -0.4 is 14.8 Å². The molecule has 1 amide bonds. The van der Waals surface area contributed by atoms with Crippen LogP contribution in [0.3, 0.4) is 0 Å². The average molecular weight is 387 g/mol. The molecule has 3 aromatic rings. The van der Waals surface area contributed by atoms with Gasteiger partial charge >= 0.3 is 0 Å². The molecule has 0 bridgehead atoms. The summed E-state index contributed by atoms with van der Waals surface area (Å²) in [6.07, 6.45) is 0. The van der Waals surface area contributed by atoms with E-state index in [2.05, 4.69) is 15.2 Å². The minimum Gasteiger partial charge on any atom is -0.497 e. The second kappa shape index (κ2) is 7.50. The first-order valence-electron chi connectivity index (χ1n) is 7.89. The van der Waals surface area contributed by atoms with Crippen LogP contribution in [0.4, 0.5) is 11.5 Å². The molecule has 2 N–H and O–H groups in total. The highest BCUT2D eigenvalue weighted by Gasteiger charge is 2.15. The first-order valence-corrected chi connectivity index (χ1v) is 9.37. The van der Waals surface area contributed by atoms with Gasteiger partial charge in [-0.25, -0.2) is 8.42 Å². The summed E-state index contributed by atoms with van der Waals surface area (Å²) in [5, 5.41) is 6.27. The zero-order chi connectivity index (χ0) is 19.4. The number of anilines is 2. The summed E-state index contributed by atoms with van der Waals surface area (Å²) >= 11 is 0. The topological polar surface area (TPSA) is 111 Å². The van der Waals surface area contributed by atoms with E-state index in [1.54, 1.807) is 25.1 Å². The Morgan fingerprint density at radius 3 is 2.30 bits per heavy atom. The molecule has 0 aliphatic carbocycles. The molecule has 140 valence electrons. The van der Waals surface area contributed by atoms with Crippen LogP contribution in [0.1, 0.15) is 16.1 Å². The minimum absolute atomic E-state index is 0.103. The summed E-state index contributed by atoms with van der Waals surface area (Å²) in [7, 11) is -2.24. The summed E-state index contributed by atoms with van der Waals surface area (Å²) < 4.78 is 37.2. The van der Waals surface area contributed by atoms with Crippen LogP contribution in [-0.4, -0.2) is 26.6 Å². The number of carbonyl (C=O) groups excluding carboxylic acids is 1. The molecular formula is C18H17N3O5S. The third-order valence-electron chi connectivity index (χ3n) is 3.64. The number of sulfonamides is 1. The molecule has 0 spiro atoms. The second-order valence-electron chi connectivity index (χ2n) is 5.64. The van der Waals surface area contributed by atoms with Crippen LogP contribution >= 0.6 is 0 Å². The molecule has 0 saturated carbocycles. The van der Waals surface area contributed by atoms with Gasteiger partial charge in [0, 0.05) is 17.3 Å². The van der Waals surface area contributed by atoms with Gasteiger partial charge in [0.15, 0.2) is 5.82 Å². The van der Waals surface area contributed by atoms with E-state index in [0.717, 1.165) is 0 Å². The van der Waals surface area contributed by atoms with E-state index in [-0.39, 0.29) is 10.8 Å². The number of nitrogens with zero attached hydrogens (tertiary/aromatic N) is 1. The molecular weight excluding hydrogens is 370 g/mol. The molecule has 0 fully saturated rings. The molecule has 8 nitrogen and oxygen atoms in total. The summed E-state index contributed by atoms with van der Waals surface area (Å²) in [6, 6.07) is 13.6. The van der Waals surface area contributed by atoms with Crippen LogP contribution in [0.5, 0.6) is 5.75 Å². The van der Waals surface area contributed by atoms with Crippen molar-refractivity contribution in [2.24, 2.45) is 0 Å². The second-order valence-corrected chi connectivity index (χ2v) is 7.32. The van der Waals surface area contributed by atoms with Gasteiger partial charge in [-0.2, -0.15) is 0 Å². The molecule has 0 aliphatic rings. The number of nitrogens with one attached hydrogen (secondary N) is 2. The van der Waals surface area contributed by atoms with Crippen LogP contribution in [0.15, 0.2) is 64.0 Å². The van der Waals surface area contributed by atoms with Gasteiger partial charge in [-0.05, 0) is 55.5 Å². The lowest BCUT2D eigenvalue weighted by Crippen LogP contribution is -2.14. The van der Waals surface area contributed by atoms with Gasteiger partial charge in [0.1, 0.15) is 11.5 Å². The van der Waals surface area contributed by atoms with E-state index < -0.39 is 10.0 Å². The van der Waals surface area contributed by atoms with Crippen molar-refractivity contribution < 1.29 is 22.5 Å². The standard InChI is InChI=1S/C18H17N3O5S/c1-12-11-17(20-26-12)19-18(22)13-3-5-14(6-4-13)21-27(23,24)16-9-7-15(25-2)8-10-16/h3-11,21H,1-2H3,(H,19,20,22). The fraction of sp³-hybridized carbons (Fsp3) is 0.111. The van der Waals surface area contributed by atoms with Gasteiger partial charge in [0.25, 0.3) is 15.9 Å². The van der Waals surface area contributed by atoms with E-state index in [9.17, 15) is 13.2 Å². The minimum atomic E-state index is -3.75. The Kier molecular flexibility index (Phi) is 5.13. The highest BCUT2D eigenvalue weighted by atomic mass is 32.2. The molecule has 3 rings (SSSR count). The van der Waals surface area contributed by atoms with Crippen molar-refractivity contribution in [1.82, 2.24) is 5.16 Å². The van der Waals surface area contributed by atoms with E-state index >= 15 is 0 Å². The lowest BCUT2D eigenvalue weighted by Gasteiger charge is -2.09. The van der Waals surface area contributed by atoms with E-state index in [1.165, 1.54) is 43.5 Å². The molecule has 9 heteroatoms. The SMILES string of the molecule is COc1ccc(S(=O)(=O)Nc2ccc(C(=O)Nc3cc(C)on3)cc2)cc1. The number of amides is 1. The summed E-state index contributed by atoms with van der Waals surface area (Å²) in [6.45, 7) is 1.71. The number of methoxy groups -OCH3 is 1. The Labute approximate surface area is 156 Å². The van der Waals surface area contributed by atoms with Crippen molar-refractivity contribution in [1.29, 1.82) is 0 Å². The van der Waals surface area contributed by atoms with Crippen molar-refractivity contribution in [2.45, 2.75) is 11.8 Å². The molecule has 27 heavy (non-hydrogen) atoms. The van der Waals surface area contributed by atoms with Gasteiger partial charge < -0.3 is 14.6 Å². The lowest BCUT2D eigenvalue weighted by atomic mass is 10.2. The third-order valence-corrected chi connectivity index (χ3v) is 5.04. The van der Waals surface area contributed by atoms with Crippen molar-refractivity contribution in [3.05, 3.63) is 65.9 Å². The quantitative estimate of drug-likeness (QED) is 0.673. The highest BCUT2D eigenvalue weighted by molar-refractivity contribution is 7.92. The fourth-order valence-corrected chi connectivity index (χ4v) is 3.33. The third kappa shape index (κ3) is 4.45. The first kappa shape index (κ1) is 18.5. The molecule has 0 unspecified atom stereocenters. The predicted molar refractivity (Wildman–Crippen MR) is 99.4 cm³/mol. The van der Waals surface area contributed by atoms with Gasteiger partial charge in [-0.3, -0.25) is 9.52 Å². The normalized spacial score (nSPS) is 11.0. The number of benzene rings is 2. The zero-order valence-electron chi connectivity index (χ0n) is 14.6. The number of hydrogen-bond donors (Lipinski definition) is 2. The molecule has 0 atom stereocenters. The summed E-state index contributed by atoms with van der Waals surface area (Å²) in [4.78, 5) is 12.3. The largest absolute Gasteiger partial charge is 0.497 e. The number of rotatable bonds is 6. The van der Waals surface area contributed by atoms with E-state index in [4.69, 9.17) is 9.26 Å². The van der Waals surface area contributed by atoms with Gasteiger partial charge in [-0.1, -0.05) is 5.16 Å². The maximum absolute atomic E-state index is 12.4. The molecule has 2 aromatic carbocycles. The Morgan fingerprint density at radius 2 is 1.74 bits per heavy atom. The predicted octanol–water partition coefficient (Wildman–Crippen LogP) is 3.04. The summed E-state index contributed by atoms with van der Waals surface area (Å²) in [5.74, 6) is 1.06. The molecule has 0 radical (unpaired) electrons. The number of aryl methyl sites for hydroxylation is 1. The summed E-state index contributed by atoms with van der Waals surface area (Å²) in [5.41, 5.74) is 0.683. The number of aromatic nitrogens is 1. The van der Waals surface area contributed by atoms with Crippen molar-refractivity contribution in [3.63, 3.8) is 0 Å². The smallest absolute Gasteiger partial charge is 0.261 e. The van der Waals surface area contributed by atoms with E-state index in [1.807, 2.05) is 0 Å². The van der Waals surface area contributed by atoms with Crippen LogP contribution in [-0.2, 0) is 10.0 Å². The fourth-order valence-electron chi connectivity index (χ4n) is 2.27. The number of hydrogen-bond acceptors (Lipinski definition) is 6. The number of ether oxygens (including phenoxy) is 1. The lowest BCUT2D eigenvalue weighted by molar-refractivity contribution is 0.102.